The molecule has 1 spiro atoms. The summed E-state index contributed by atoms with van der Waals surface area (Å²) in [6.07, 6.45) is 9.00. The van der Waals surface area contributed by atoms with Crippen molar-refractivity contribution in [2.24, 2.45) is 11.3 Å². The highest BCUT2D eigenvalue weighted by Gasteiger charge is 2.60. The second-order valence-corrected chi connectivity index (χ2v) is 9.69. The average Bonchev–Trinajstić information content (AvgIpc) is 3.22. The van der Waals surface area contributed by atoms with Crippen LogP contribution in [0.4, 0.5) is 0 Å². The molecule has 0 aromatic heterocycles. The highest BCUT2D eigenvalue weighted by molar-refractivity contribution is 7.13. The molecule has 2 heterocycles. The first-order chi connectivity index (χ1) is 14.1. The van der Waals surface area contributed by atoms with Gasteiger partial charge in [0.15, 0.2) is 5.78 Å². The van der Waals surface area contributed by atoms with Crippen LogP contribution in [0.3, 0.4) is 0 Å². The Morgan fingerprint density at radius 2 is 1.86 bits per heavy atom. The van der Waals surface area contributed by atoms with E-state index in [-0.39, 0.29) is 30.4 Å². The third-order valence-corrected chi connectivity index (χ3v) is 7.69. The highest BCUT2D eigenvalue weighted by atomic mass is 31.0. The molecule has 3 aliphatic rings. The lowest BCUT2D eigenvalue weighted by Crippen LogP contribution is -2.37. The number of rotatable bonds is 5. The van der Waals surface area contributed by atoms with Gasteiger partial charge in [0.2, 0.25) is 5.91 Å². The Labute approximate surface area is 176 Å². The second-order valence-electron chi connectivity index (χ2n) is 9.02. The van der Waals surface area contributed by atoms with Crippen LogP contribution >= 0.6 is 9.39 Å². The minimum atomic E-state index is -0.420. The average molecular weight is 417 g/mol. The molecular weight excluding hydrogens is 383 g/mol. The molecule has 1 aliphatic carbocycles. The van der Waals surface area contributed by atoms with E-state index in [1.807, 2.05) is 35.0 Å². The number of carbonyl (C=O) groups is 2. The number of hydrogen-bond acceptors (Lipinski definition) is 4. The van der Waals surface area contributed by atoms with Crippen molar-refractivity contribution >= 4 is 21.1 Å². The van der Waals surface area contributed by atoms with Crippen LogP contribution < -0.4 is 5.32 Å². The van der Waals surface area contributed by atoms with E-state index in [9.17, 15) is 9.59 Å². The number of nitrogens with one attached hydrogen (secondary N) is 1. The van der Waals surface area contributed by atoms with Gasteiger partial charge in [-0.15, -0.1) is 0 Å². The molecule has 0 bridgehead atoms. The molecule has 1 N–H and O–H groups in total. The van der Waals surface area contributed by atoms with E-state index in [1.165, 1.54) is 32.1 Å². The van der Waals surface area contributed by atoms with Gasteiger partial charge in [0.05, 0.1) is 18.1 Å². The molecule has 6 heteroatoms. The Morgan fingerprint density at radius 3 is 2.66 bits per heavy atom. The monoisotopic (exact) mass is 416 g/mol. The van der Waals surface area contributed by atoms with Crippen molar-refractivity contribution in [2.75, 3.05) is 13.2 Å². The van der Waals surface area contributed by atoms with Crippen LogP contribution in [0.25, 0.3) is 0 Å². The molecule has 29 heavy (non-hydrogen) atoms. The molecule has 158 valence electrons. The van der Waals surface area contributed by atoms with Crippen LogP contribution in [0.15, 0.2) is 30.3 Å². The maximum absolute atomic E-state index is 13.1. The van der Waals surface area contributed by atoms with E-state index in [1.54, 1.807) is 0 Å². The minimum Gasteiger partial charge on any atom is -0.369 e. The molecule has 4 rings (SSSR count). The molecule has 1 aromatic carbocycles. The third-order valence-electron chi connectivity index (χ3n) is 7.14. The zero-order valence-corrected chi connectivity index (χ0v) is 18.3. The standard InChI is InChI=1S/C23H33N2O3P/c26-21(15-28-14-17-9-5-4-6-10-17)20-13-23(16-25(20)29)18-11-7-2-1-3-8-12-19(18)24-22(23)27/h4-6,9-10,18-20H,1-3,7-8,11-16,29H2,(H,24,27). The van der Waals surface area contributed by atoms with Crippen molar-refractivity contribution in [3.8, 4) is 0 Å². The number of ketones is 1. The van der Waals surface area contributed by atoms with E-state index in [0.29, 0.717) is 25.5 Å². The van der Waals surface area contributed by atoms with Crippen LogP contribution in [-0.2, 0) is 20.9 Å². The topological polar surface area (TPSA) is 58.6 Å². The molecular formula is C23H33N2O3P. The zero-order valence-electron chi connectivity index (χ0n) is 17.1. The largest absolute Gasteiger partial charge is 0.369 e. The molecule has 2 saturated heterocycles. The van der Waals surface area contributed by atoms with Gasteiger partial charge >= 0.3 is 0 Å². The fourth-order valence-electron chi connectivity index (χ4n) is 5.61. The molecule has 1 amide bonds. The highest BCUT2D eigenvalue weighted by Crippen LogP contribution is 2.50. The van der Waals surface area contributed by atoms with E-state index < -0.39 is 5.41 Å². The van der Waals surface area contributed by atoms with Crippen LogP contribution in [0.1, 0.15) is 56.9 Å². The number of fused-ring (bicyclic) bond motifs is 2. The van der Waals surface area contributed by atoms with Crippen molar-refractivity contribution in [1.82, 2.24) is 9.99 Å². The summed E-state index contributed by atoms with van der Waals surface area (Å²) in [5.41, 5.74) is 0.644. The summed E-state index contributed by atoms with van der Waals surface area (Å²) in [5, 5.41) is 3.31. The van der Waals surface area contributed by atoms with Crippen molar-refractivity contribution in [3.63, 3.8) is 0 Å². The molecule has 5 atom stereocenters. The quantitative estimate of drug-likeness (QED) is 0.747. The van der Waals surface area contributed by atoms with Gasteiger partial charge in [-0.05, 0) is 30.7 Å². The lowest BCUT2D eigenvalue weighted by atomic mass is 9.70. The number of benzene rings is 1. The number of amides is 1. The molecule has 5 nitrogen and oxygen atoms in total. The van der Waals surface area contributed by atoms with Gasteiger partial charge in [-0.3, -0.25) is 14.3 Å². The first-order valence-electron chi connectivity index (χ1n) is 11.1. The molecule has 1 saturated carbocycles. The summed E-state index contributed by atoms with van der Waals surface area (Å²) < 4.78 is 7.71. The molecule has 0 radical (unpaired) electrons. The predicted molar refractivity (Wildman–Crippen MR) is 116 cm³/mol. The molecule has 1 aromatic rings. The number of Topliss-reactive ketones (excluding diaryl/α,β-unsaturated/α-hetero) is 1. The summed E-state index contributed by atoms with van der Waals surface area (Å²) in [4.78, 5) is 26.0. The summed E-state index contributed by atoms with van der Waals surface area (Å²) in [6, 6.07) is 9.93. The summed E-state index contributed by atoms with van der Waals surface area (Å²) >= 11 is 0. The first kappa shape index (κ1) is 21.0. The fourth-order valence-corrected chi connectivity index (χ4v) is 6.21. The number of ether oxygens (including phenoxy) is 1. The Hall–Kier alpha value is -1.29. The smallest absolute Gasteiger partial charge is 0.228 e. The molecule has 5 unspecified atom stereocenters. The van der Waals surface area contributed by atoms with Crippen molar-refractivity contribution in [3.05, 3.63) is 35.9 Å². The van der Waals surface area contributed by atoms with Crippen molar-refractivity contribution in [2.45, 2.75) is 70.1 Å². The number of carbonyl (C=O) groups excluding carboxylic acids is 2. The Bertz CT molecular complexity index is 728. The predicted octanol–water partition coefficient (Wildman–Crippen LogP) is 3.48. The van der Waals surface area contributed by atoms with E-state index in [2.05, 4.69) is 14.7 Å². The number of nitrogens with zero attached hydrogens (tertiary/aromatic N) is 1. The van der Waals surface area contributed by atoms with E-state index in [4.69, 9.17) is 4.74 Å². The first-order valence-corrected chi connectivity index (χ1v) is 11.6. The Balaban J connectivity index is 1.40. The van der Waals surface area contributed by atoms with Crippen molar-refractivity contribution < 1.29 is 14.3 Å². The lowest BCUT2D eigenvalue weighted by Gasteiger charge is -2.30. The Morgan fingerprint density at radius 1 is 1.14 bits per heavy atom. The maximum atomic E-state index is 13.1. The van der Waals surface area contributed by atoms with Crippen LogP contribution in [0.2, 0.25) is 0 Å². The SMILES string of the molecule is O=C(COCc1ccccc1)C1CC2(CN1P)C(=O)NC1CCCCCCCC12. The fraction of sp³-hybridized carbons (Fsp3) is 0.652. The van der Waals surface area contributed by atoms with Gasteiger partial charge < -0.3 is 10.1 Å². The Kier molecular flexibility index (Phi) is 6.68. The van der Waals surface area contributed by atoms with Gasteiger partial charge in [-0.2, -0.15) is 0 Å². The zero-order chi connectivity index (χ0) is 20.3. The number of hydrogen-bond donors (Lipinski definition) is 1. The van der Waals surface area contributed by atoms with E-state index in [0.717, 1.165) is 18.4 Å². The summed E-state index contributed by atoms with van der Waals surface area (Å²) in [7, 11) is 2.71. The van der Waals surface area contributed by atoms with Gasteiger partial charge in [0, 0.05) is 12.6 Å². The van der Waals surface area contributed by atoms with Gasteiger partial charge in [-0.1, -0.05) is 71.8 Å². The van der Waals surface area contributed by atoms with Crippen LogP contribution in [0.5, 0.6) is 0 Å². The summed E-state index contributed by atoms with van der Waals surface area (Å²) in [5.74, 6) is 0.590. The van der Waals surface area contributed by atoms with Crippen LogP contribution in [-0.4, -0.2) is 41.6 Å². The normalized spacial score (nSPS) is 33.0. The van der Waals surface area contributed by atoms with Crippen LogP contribution in [0, 0.1) is 11.3 Å². The van der Waals surface area contributed by atoms with Crippen molar-refractivity contribution in [1.29, 1.82) is 0 Å². The van der Waals surface area contributed by atoms with E-state index >= 15 is 0 Å². The van der Waals surface area contributed by atoms with Gasteiger partial charge in [-0.25, -0.2) is 0 Å². The lowest BCUT2D eigenvalue weighted by molar-refractivity contribution is -0.128. The van der Waals surface area contributed by atoms with Gasteiger partial charge in [0.25, 0.3) is 0 Å². The third kappa shape index (κ3) is 4.42. The summed E-state index contributed by atoms with van der Waals surface area (Å²) in [6.45, 7) is 1.18. The maximum Gasteiger partial charge on any atom is 0.228 e. The molecule has 2 aliphatic heterocycles. The van der Waals surface area contributed by atoms with Gasteiger partial charge in [0.1, 0.15) is 6.61 Å². The molecule has 3 fully saturated rings. The second kappa shape index (κ2) is 9.24. The minimum absolute atomic E-state index is 0.0760.